The fourth-order valence-corrected chi connectivity index (χ4v) is 3.80. The molecule has 2 saturated heterocycles. The van der Waals surface area contributed by atoms with Crippen LogP contribution >= 0.6 is 0 Å². The third-order valence-electron chi connectivity index (χ3n) is 5.27. The van der Waals surface area contributed by atoms with Crippen molar-refractivity contribution in [2.45, 2.75) is 77.0 Å². The number of carboxylic acids is 1. The Hall–Kier alpha value is -2.16. The van der Waals surface area contributed by atoms with E-state index in [1.807, 2.05) is 13.8 Å². The zero-order valence-electron chi connectivity index (χ0n) is 16.9. The van der Waals surface area contributed by atoms with Crippen molar-refractivity contribution in [2.24, 2.45) is 5.92 Å². The lowest BCUT2D eigenvalue weighted by Crippen LogP contribution is -2.56. The molecule has 0 aliphatic carbocycles. The first-order chi connectivity index (χ1) is 13.2. The standard InChI is InChI=1S/C19H32N4O5/c1-11(2)10-14(19(27)28)22-17(25)15-7-5-9-23(15)18(26)12(3)21-16(24)13-6-4-8-20-13/h11-15,20H,4-10H2,1-3H3,(H,21,24)(H,22,25)(H,27,28). The molecule has 0 aromatic rings. The highest BCUT2D eigenvalue weighted by atomic mass is 16.4. The van der Waals surface area contributed by atoms with Gasteiger partial charge in [-0.05, 0) is 51.5 Å². The van der Waals surface area contributed by atoms with E-state index in [9.17, 15) is 24.3 Å². The molecule has 2 rings (SSSR count). The van der Waals surface area contributed by atoms with Crippen LogP contribution in [0.2, 0.25) is 0 Å². The minimum Gasteiger partial charge on any atom is -0.480 e. The van der Waals surface area contributed by atoms with Gasteiger partial charge in [-0.25, -0.2) is 4.79 Å². The number of hydrogen-bond donors (Lipinski definition) is 4. The van der Waals surface area contributed by atoms with Gasteiger partial charge >= 0.3 is 5.97 Å². The quantitative estimate of drug-likeness (QED) is 0.452. The van der Waals surface area contributed by atoms with Crippen LogP contribution in [0.1, 0.15) is 52.9 Å². The zero-order valence-corrected chi connectivity index (χ0v) is 16.9. The molecule has 4 unspecified atom stereocenters. The highest BCUT2D eigenvalue weighted by molar-refractivity contribution is 5.94. The van der Waals surface area contributed by atoms with Crippen molar-refractivity contribution in [2.75, 3.05) is 13.1 Å². The van der Waals surface area contributed by atoms with E-state index >= 15 is 0 Å². The van der Waals surface area contributed by atoms with Gasteiger partial charge in [-0.1, -0.05) is 13.8 Å². The van der Waals surface area contributed by atoms with E-state index in [-0.39, 0.29) is 23.8 Å². The lowest BCUT2D eigenvalue weighted by Gasteiger charge is -2.28. The maximum absolute atomic E-state index is 12.8. The second-order valence-corrected chi connectivity index (χ2v) is 8.10. The van der Waals surface area contributed by atoms with E-state index in [2.05, 4.69) is 16.0 Å². The van der Waals surface area contributed by atoms with Crippen molar-refractivity contribution < 1.29 is 24.3 Å². The average Bonchev–Trinajstić information content (AvgIpc) is 3.31. The van der Waals surface area contributed by atoms with E-state index in [0.717, 1.165) is 19.4 Å². The zero-order chi connectivity index (χ0) is 20.8. The van der Waals surface area contributed by atoms with Crippen molar-refractivity contribution in [3.63, 3.8) is 0 Å². The summed E-state index contributed by atoms with van der Waals surface area (Å²) < 4.78 is 0. The van der Waals surface area contributed by atoms with Crippen LogP contribution in [0, 0.1) is 5.92 Å². The van der Waals surface area contributed by atoms with Gasteiger partial charge in [0.05, 0.1) is 6.04 Å². The van der Waals surface area contributed by atoms with Gasteiger partial charge in [0.15, 0.2) is 0 Å². The minimum absolute atomic E-state index is 0.113. The molecule has 2 aliphatic rings. The molecule has 0 saturated carbocycles. The number of amides is 3. The molecule has 0 bridgehead atoms. The van der Waals surface area contributed by atoms with Crippen molar-refractivity contribution in [3.8, 4) is 0 Å². The van der Waals surface area contributed by atoms with Crippen LogP contribution in [0.4, 0.5) is 0 Å². The molecule has 9 heteroatoms. The fourth-order valence-electron chi connectivity index (χ4n) is 3.80. The van der Waals surface area contributed by atoms with Gasteiger partial charge in [-0.2, -0.15) is 0 Å². The third-order valence-corrected chi connectivity index (χ3v) is 5.27. The van der Waals surface area contributed by atoms with Crippen LogP contribution in [0.5, 0.6) is 0 Å². The largest absolute Gasteiger partial charge is 0.480 e. The smallest absolute Gasteiger partial charge is 0.326 e. The molecule has 2 aliphatic heterocycles. The summed E-state index contributed by atoms with van der Waals surface area (Å²) in [6.45, 7) is 6.59. The molecule has 0 radical (unpaired) electrons. The first-order valence-electron chi connectivity index (χ1n) is 10.1. The van der Waals surface area contributed by atoms with E-state index < -0.39 is 30.0 Å². The van der Waals surface area contributed by atoms with Crippen LogP contribution in [0.25, 0.3) is 0 Å². The number of carbonyl (C=O) groups is 4. The Balaban J connectivity index is 1.96. The Kier molecular flexibility index (Phi) is 7.79. The second-order valence-electron chi connectivity index (χ2n) is 8.10. The van der Waals surface area contributed by atoms with Crippen LogP contribution in [0.15, 0.2) is 0 Å². The van der Waals surface area contributed by atoms with Crippen LogP contribution in [-0.4, -0.2) is 71.0 Å². The highest BCUT2D eigenvalue weighted by Crippen LogP contribution is 2.19. The summed E-state index contributed by atoms with van der Waals surface area (Å²) in [6.07, 6.45) is 3.14. The number of nitrogens with one attached hydrogen (secondary N) is 3. The summed E-state index contributed by atoms with van der Waals surface area (Å²) in [5.41, 5.74) is 0. The SMILES string of the molecule is CC(C)CC(NC(=O)C1CCCN1C(=O)C(C)NC(=O)C1CCCN1)C(=O)O. The predicted molar refractivity (Wildman–Crippen MR) is 102 cm³/mol. The lowest BCUT2D eigenvalue weighted by molar-refractivity contribution is -0.145. The number of hydrogen-bond acceptors (Lipinski definition) is 5. The normalized spacial score (nSPS) is 24.1. The van der Waals surface area contributed by atoms with Crippen LogP contribution < -0.4 is 16.0 Å². The summed E-state index contributed by atoms with van der Waals surface area (Å²) in [4.78, 5) is 50.5. The predicted octanol–water partition coefficient (Wildman–Crippen LogP) is -0.150. The number of nitrogens with zero attached hydrogens (tertiary/aromatic N) is 1. The monoisotopic (exact) mass is 396 g/mol. The Labute approximate surface area is 165 Å². The first kappa shape index (κ1) is 22.1. The molecule has 2 fully saturated rings. The highest BCUT2D eigenvalue weighted by Gasteiger charge is 2.38. The molecule has 9 nitrogen and oxygen atoms in total. The van der Waals surface area contributed by atoms with E-state index in [1.165, 1.54) is 4.90 Å². The number of aliphatic carboxylic acids is 1. The van der Waals surface area contributed by atoms with Crippen LogP contribution in [0.3, 0.4) is 0 Å². The van der Waals surface area contributed by atoms with Gasteiger partial charge in [0.2, 0.25) is 17.7 Å². The van der Waals surface area contributed by atoms with Crippen LogP contribution in [-0.2, 0) is 19.2 Å². The van der Waals surface area contributed by atoms with Gasteiger partial charge in [0.1, 0.15) is 18.1 Å². The summed E-state index contributed by atoms with van der Waals surface area (Å²) in [6, 6.07) is -2.70. The minimum atomic E-state index is -1.08. The van der Waals surface area contributed by atoms with Gasteiger partial charge in [-0.3, -0.25) is 14.4 Å². The fraction of sp³-hybridized carbons (Fsp3) is 0.789. The molecule has 4 atom stereocenters. The molecule has 0 spiro atoms. The van der Waals surface area contributed by atoms with Crippen molar-refractivity contribution in [3.05, 3.63) is 0 Å². The van der Waals surface area contributed by atoms with E-state index in [1.54, 1.807) is 6.92 Å². The lowest BCUT2D eigenvalue weighted by atomic mass is 10.0. The maximum atomic E-state index is 12.8. The third kappa shape index (κ3) is 5.67. The first-order valence-corrected chi connectivity index (χ1v) is 10.1. The van der Waals surface area contributed by atoms with Crippen molar-refractivity contribution in [1.29, 1.82) is 0 Å². The molecular formula is C19H32N4O5. The molecule has 0 aromatic heterocycles. The van der Waals surface area contributed by atoms with Gasteiger partial charge < -0.3 is 26.0 Å². The number of carbonyl (C=O) groups excluding carboxylic acids is 3. The number of likely N-dealkylation sites (tertiary alicyclic amines) is 1. The van der Waals surface area contributed by atoms with Crippen molar-refractivity contribution in [1.82, 2.24) is 20.9 Å². The Morgan fingerprint density at radius 2 is 1.79 bits per heavy atom. The maximum Gasteiger partial charge on any atom is 0.326 e. The summed E-state index contributed by atoms with van der Waals surface area (Å²) >= 11 is 0. The molecule has 4 N–H and O–H groups in total. The summed E-state index contributed by atoms with van der Waals surface area (Å²) in [5.74, 6) is -1.94. The Bertz CT molecular complexity index is 603. The second kappa shape index (κ2) is 9.86. The Morgan fingerprint density at radius 1 is 1.07 bits per heavy atom. The number of rotatable bonds is 8. The van der Waals surface area contributed by atoms with Gasteiger partial charge in [0, 0.05) is 6.54 Å². The molecular weight excluding hydrogens is 364 g/mol. The van der Waals surface area contributed by atoms with E-state index in [4.69, 9.17) is 0 Å². The average molecular weight is 396 g/mol. The molecule has 28 heavy (non-hydrogen) atoms. The molecule has 3 amide bonds. The number of carboxylic acid groups (broad SMARTS) is 1. The molecule has 158 valence electrons. The topological polar surface area (TPSA) is 128 Å². The molecule has 2 heterocycles. The summed E-state index contributed by atoms with van der Waals surface area (Å²) in [7, 11) is 0. The van der Waals surface area contributed by atoms with Gasteiger partial charge in [-0.15, -0.1) is 0 Å². The van der Waals surface area contributed by atoms with Crippen molar-refractivity contribution >= 4 is 23.7 Å². The van der Waals surface area contributed by atoms with E-state index in [0.29, 0.717) is 25.8 Å². The van der Waals surface area contributed by atoms with Gasteiger partial charge in [0.25, 0.3) is 0 Å². The molecule has 0 aromatic carbocycles. The Morgan fingerprint density at radius 3 is 2.36 bits per heavy atom. The summed E-state index contributed by atoms with van der Waals surface area (Å²) in [5, 5.41) is 17.7.